The van der Waals surface area contributed by atoms with Gasteiger partial charge in [0.05, 0.1) is 5.39 Å². The quantitative estimate of drug-likeness (QED) is 0.130. The molecule has 4 aromatic carbocycles. The number of fused-ring (bicyclic) bond motifs is 1. The van der Waals surface area contributed by atoms with Crippen LogP contribution in [0.15, 0.2) is 60.7 Å². The van der Waals surface area contributed by atoms with Gasteiger partial charge in [0.1, 0.15) is 5.75 Å². The van der Waals surface area contributed by atoms with E-state index in [1.165, 1.54) is 23.8 Å². The second-order valence-electron chi connectivity index (χ2n) is 9.95. The third kappa shape index (κ3) is 5.95. The molecule has 0 aliphatic carbocycles. The topological polar surface area (TPSA) is 122 Å². The van der Waals surface area contributed by atoms with E-state index in [2.05, 4.69) is 29.6 Å². The molecule has 0 amide bonds. The summed E-state index contributed by atoms with van der Waals surface area (Å²) in [4.78, 5) is 0. The lowest BCUT2D eigenvalue weighted by atomic mass is 9.91. The van der Waals surface area contributed by atoms with Gasteiger partial charge in [-0.15, -0.1) is 0 Å². The first kappa shape index (κ1) is 26.4. The van der Waals surface area contributed by atoms with Crippen LogP contribution in [0.1, 0.15) is 40.7 Å². The van der Waals surface area contributed by atoms with E-state index in [1.54, 1.807) is 30.4 Å². The molecule has 7 heteroatoms. The van der Waals surface area contributed by atoms with Gasteiger partial charge in [-0.25, -0.2) is 0 Å². The molecule has 1 saturated heterocycles. The fourth-order valence-electron chi connectivity index (χ4n) is 5.09. The van der Waals surface area contributed by atoms with Gasteiger partial charge < -0.3 is 35.6 Å². The number of aromatic hydroxyl groups is 5. The van der Waals surface area contributed by atoms with Crippen LogP contribution in [0.4, 0.5) is 0 Å². The molecule has 5 rings (SSSR count). The summed E-state index contributed by atoms with van der Waals surface area (Å²) in [6.07, 6.45) is 6.67. The second kappa shape index (κ2) is 11.7. The van der Waals surface area contributed by atoms with Gasteiger partial charge in [-0.2, -0.15) is 0 Å². The summed E-state index contributed by atoms with van der Waals surface area (Å²) in [7, 11) is 0. The fourth-order valence-corrected chi connectivity index (χ4v) is 5.09. The molecule has 0 atom stereocenters. The van der Waals surface area contributed by atoms with Crippen LogP contribution in [0, 0.1) is 0 Å². The Labute approximate surface area is 227 Å². The van der Waals surface area contributed by atoms with Crippen molar-refractivity contribution in [1.29, 1.82) is 0 Å². The minimum Gasteiger partial charge on any atom is -0.507 e. The number of hydrogen-bond donors (Lipinski definition) is 6. The minimum absolute atomic E-state index is 0.131. The maximum Gasteiger partial charge on any atom is 0.169 e. The number of ether oxygens (including phenoxy) is 1. The summed E-state index contributed by atoms with van der Waals surface area (Å²) in [6.45, 7) is 2.42. The number of rotatable bonds is 8. The van der Waals surface area contributed by atoms with Crippen molar-refractivity contribution in [3.8, 4) is 28.7 Å². The van der Waals surface area contributed by atoms with E-state index in [-0.39, 0.29) is 34.1 Å². The van der Waals surface area contributed by atoms with Gasteiger partial charge >= 0.3 is 0 Å². The smallest absolute Gasteiger partial charge is 0.169 e. The Hall–Kier alpha value is -4.20. The largest absolute Gasteiger partial charge is 0.507 e. The van der Waals surface area contributed by atoms with Crippen molar-refractivity contribution in [2.24, 2.45) is 0 Å². The Morgan fingerprint density at radius 3 is 2.23 bits per heavy atom. The van der Waals surface area contributed by atoms with E-state index in [9.17, 15) is 25.5 Å². The molecule has 0 spiro atoms. The SMILES string of the molecule is Oc1ccc(C=Cc2c(CCc3ccc(CNC4CCOCC4)cc3)c(O)c(O)c3c(O)cccc23)cc1O. The maximum atomic E-state index is 11.0. The molecule has 0 aromatic heterocycles. The zero-order chi connectivity index (χ0) is 27.4. The standard InChI is InChI=1S/C32H33NO6/c34-27-13-10-21(18-29(27)36)9-11-24-25-2-1-3-28(35)30(25)32(38)31(37)26(24)12-8-20-4-6-22(7-5-20)19-33-23-14-16-39-17-15-23/h1-7,9-11,13,18,23,33-38H,8,12,14-17,19H2. The van der Waals surface area contributed by atoms with Crippen molar-refractivity contribution in [3.63, 3.8) is 0 Å². The monoisotopic (exact) mass is 527 g/mol. The average Bonchev–Trinajstić information content (AvgIpc) is 2.95. The Morgan fingerprint density at radius 2 is 1.49 bits per heavy atom. The number of hydrogen-bond acceptors (Lipinski definition) is 7. The van der Waals surface area contributed by atoms with E-state index in [0.29, 0.717) is 41.0 Å². The molecule has 202 valence electrons. The van der Waals surface area contributed by atoms with E-state index < -0.39 is 0 Å². The lowest BCUT2D eigenvalue weighted by molar-refractivity contribution is 0.0776. The molecule has 1 aliphatic heterocycles. The Kier molecular flexibility index (Phi) is 7.91. The molecular formula is C32H33NO6. The molecular weight excluding hydrogens is 494 g/mol. The Morgan fingerprint density at radius 1 is 0.744 bits per heavy atom. The molecule has 0 unspecified atom stereocenters. The normalized spacial score (nSPS) is 14.4. The van der Waals surface area contributed by atoms with Gasteiger partial charge in [0, 0.05) is 31.4 Å². The summed E-state index contributed by atoms with van der Waals surface area (Å²) in [5, 5.41) is 56.1. The molecule has 0 saturated carbocycles. The number of phenols is 5. The van der Waals surface area contributed by atoms with E-state index >= 15 is 0 Å². The molecule has 39 heavy (non-hydrogen) atoms. The van der Waals surface area contributed by atoms with Crippen molar-refractivity contribution in [2.45, 2.75) is 38.3 Å². The van der Waals surface area contributed by atoms with Crippen LogP contribution in [0.5, 0.6) is 28.7 Å². The number of benzene rings is 4. The molecule has 0 radical (unpaired) electrons. The molecule has 1 aliphatic rings. The van der Waals surface area contributed by atoms with Crippen LogP contribution in [-0.4, -0.2) is 44.8 Å². The van der Waals surface area contributed by atoms with Gasteiger partial charge in [0.15, 0.2) is 23.0 Å². The molecule has 1 heterocycles. The number of aryl methyl sites for hydroxylation is 1. The van der Waals surface area contributed by atoms with Crippen LogP contribution in [0.2, 0.25) is 0 Å². The van der Waals surface area contributed by atoms with Gasteiger partial charge in [-0.3, -0.25) is 0 Å². The van der Waals surface area contributed by atoms with Gasteiger partial charge in [-0.05, 0) is 71.5 Å². The zero-order valence-corrected chi connectivity index (χ0v) is 21.6. The van der Waals surface area contributed by atoms with E-state index in [4.69, 9.17) is 4.74 Å². The lowest BCUT2D eigenvalue weighted by Crippen LogP contribution is -2.34. The highest BCUT2D eigenvalue weighted by molar-refractivity contribution is 6.03. The zero-order valence-electron chi connectivity index (χ0n) is 21.6. The molecule has 0 bridgehead atoms. The molecule has 4 aromatic rings. The first-order chi connectivity index (χ1) is 18.9. The lowest BCUT2D eigenvalue weighted by Gasteiger charge is -2.23. The summed E-state index contributed by atoms with van der Waals surface area (Å²) in [5.74, 6) is -1.20. The predicted octanol–water partition coefficient (Wildman–Crippen LogP) is 5.59. The summed E-state index contributed by atoms with van der Waals surface area (Å²) in [6, 6.07) is 18.3. The fraction of sp³-hybridized carbons (Fsp3) is 0.250. The highest BCUT2D eigenvalue weighted by Crippen LogP contribution is 2.45. The first-order valence-electron chi connectivity index (χ1n) is 13.2. The van der Waals surface area contributed by atoms with Crippen molar-refractivity contribution >= 4 is 22.9 Å². The van der Waals surface area contributed by atoms with Gasteiger partial charge in [-0.1, -0.05) is 54.6 Å². The summed E-state index contributed by atoms with van der Waals surface area (Å²) in [5.41, 5.74) is 4.14. The van der Waals surface area contributed by atoms with Crippen molar-refractivity contribution in [3.05, 3.63) is 88.5 Å². The highest BCUT2D eigenvalue weighted by Gasteiger charge is 2.20. The first-order valence-corrected chi connectivity index (χ1v) is 13.2. The van der Waals surface area contributed by atoms with Crippen molar-refractivity contribution < 1.29 is 30.3 Å². The third-order valence-corrected chi connectivity index (χ3v) is 7.35. The minimum atomic E-state index is -0.355. The summed E-state index contributed by atoms with van der Waals surface area (Å²) < 4.78 is 5.42. The second-order valence-corrected chi connectivity index (χ2v) is 9.95. The van der Waals surface area contributed by atoms with E-state index in [0.717, 1.165) is 38.2 Å². The Balaban J connectivity index is 1.40. The van der Waals surface area contributed by atoms with Crippen LogP contribution in [0.3, 0.4) is 0 Å². The average molecular weight is 528 g/mol. The molecule has 6 N–H and O–H groups in total. The summed E-state index contributed by atoms with van der Waals surface area (Å²) >= 11 is 0. The molecule has 7 nitrogen and oxygen atoms in total. The highest BCUT2D eigenvalue weighted by atomic mass is 16.5. The number of phenolic OH excluding ortho intramolecular Hbond substituents is 5. The van der Waals surface area contributed by atoms with Crippen LogP contribution in [0.25, 0.3) is 22.9 Å². The van der Waals surface area contributed by atoms with Gasteiger partial charge in [0.2, 0.25) is 0 Å². The Bertz CT molecular complexity index is 1490. The van der Waals surface area contributed by atoms with Crippen molar-refractivity contribution in [1.82, 2.24) is 5.32 Å². The predicted molar refractivity (Wildman–Crippen MR) is 152 cm³/mol. The van der Waals surface area contributed by atoms with Crippen molar-refractivity contribution in [2.75, 3.05) is 13.2 Å². The number of nitrogens with one attached hydrogen (secondary N) is 1. The van der Waals surface area contributed by atoms with Crippen LogP contribution in [-0.2, 0) is 24.1 Å². The van der Waals surface area contributed by atoms with Crippen LogP contribution >= 0.6 is 0 Å². The van der Waals surface area contributed by atoms with E-state index in [1.807, 2.05) is 0 Å². The van der Waals surface area contributed by atoms with Gasteiger partial charge in [0.25, 0.3) is 0 Å². The third-order valence-electron chi connectivity index (χ3n) is 7.35. The van der Waals surface area contributed by atoms with Crippen LogP contribution < -0.4 is 5.32 Å². The molecule has 1 fully saturated rings. The maximum absolute atomic E-state index is 11.0.